The Bertz CT molecular complexity index is 212. The third-order valence-electron chi connectivity index (χ3n) is 3.26. The van der Waals surface area contributed by atoms with Crippen molar-refractivity contribution in [3.05, 3.63) is 0 Å². The third kappa shape index (κ3) is 2.77. The highest BCUT2D eigenvalue weighted by molar-refractivity contribution is 5.85. The van der Waals surface area contributed by atoms with Crippen LogP contribution in [0.3, 0.4) is 0 Å². The van der Waals surface area contributed by atoms with E-state index in [2.05, 4.69) is 5.32 Å². The molecule has 1 saturated carbocycles. The normalized spacial score (nSPS) is 33.8. The second-order valence-electron chi connectivity index (χ2n) is 4.15. The Labute approximate surface area is 93.6 Å². The van der Waals surface area contributed by atoms with Crippen LogP contribution in [-0.2, 0) is 0 Å². The summed E-state index contributed by atoms with van der Waals surface area (Å²) in [5, 5.41) is 3.19. The van der Waals surface area contributed by atoms with Gasteiger partial charge in [0.25, 0.3) is 0 Å². The smallest absolute Gasteiger partial charge is 0.316 e. The summed E-state index contributed by atoms with van der Waals surface area (Å²) in [6.45, 7) is 3.33. The molecule has 2 aliphatic rings. The van der Waals surface area contributed by atoms with Gasteiger partial charge in [0, 0.05) is 6.04 Å². The Morgan fingerprint density at radius 2 is 1.80 bits per heavy atom. The van der Waals surface area contributed by atoms with Crippen molar-refractivity contribution in [1.29, 1.82) is 0 Å². The SMILES string of the molecule is CCN(CC(F)(F)F)[C@@H]1[C@@H]2CNC[C@@H]21.Cl. The van der Waals surface area contributed by atoms with Gasteiger partial charge in [-0.3, -0.25) is 4.90 Å². The van der Waals surface area contributed by atoms with Crippen LogP contribution in [0.2, 0.25) is 0 Å². The van der Waals surface area contributed by atoms with Gasteiger partial charge in [-0.25, -0.2) is 0 Å². The van der Waals surface area contributed by atoms with Crippen LogP contribution in [0.25, 0.3) is 0 Å². The monoisotopic (exact) mass is 244 g/mol. The zero-order valence-corrected chi connectivity index (χ0v) is 9.37. The van der Waals surface area contributed by atoms with Crippen molar-refractivity contribution in [3.63, 3.8) is 0 Å². The summed E-state index contributed by atoms with van der Waals surface area (Å²) in [4.78, 5) is 1.57. The summed E-state index contributed by atoms with van der Waals surface area (Å²) < 4.78 is 36.6. The first-order chi connectivity index (χ1) is 6.53. The standard InChI is InChI=1S/C9H15F3N2.ClH/c1-2-14(5-9(10,11)12)8-6-3-13-4-7(6)8;/h6-8,13H,2-5H2,1H3;1H/t6-,7+,8-;. The number of alkyl halides is 3. The van der Waals surface area contributed by atoms with Gasteiger partial charge < -0.3 is 5.32 Å². The molecule has 0 aromatic rings. The fourth-order valence-electron chi connectivity index (χ4n) is 2.59. The van der Waals surface area contributed by atoms with Crippen LogP contribution in [0.5, 0.6) is 0 Å². The molecule has 0 spiro atoms. The minimum atomic E-state index is -4.06. The fourth-order valence-corrected chi connectivity index (χ4v) is 2.59. The molecule has 15 heavy (non-hydrogen) atoms. The van der Waals surface area contributed by atoms with Gasteiger partial charge in [-0.05, 0) is 31.5 Å². The number of nitrogens with zero attached hydrogens (tertiary/aromatic N) is 1. The molecule has 0 amide bonds. The lowest BCUT2D eigenvalue weighted by atomic mass is 10.3. The summed E-state index contributed by atoms with van der Waals surface area (Å²) >= 11 is 0. The second kappa shape index (κ2) is 4.47. The Hall–Kier alpha value is 0. The number of hydrogen-bond acceptors (Lipinski definition) is 2. The zero-order valence-electron chi connectivity index (χ0n) is 8.55. The number of hydrogen-bond donors (Lipinski definition) is 1. The van der Waals surface area contributed by atoms with E-state index in [4.69, 9.17) is 0 Å². The molecule has 0 aromatic carbocycles. The molecule has 90 valence electrons. The predicted molar refractivity (Wildman–Crippen MR) is 54.2 cm³/mol. The summed E-state index contributed by atoms with van der Waals surface area (Å²) in [7, 11) is 0. The maximum absolute atomic E-state index is 12.2. The van der Waals surface area contributed by atoms with Gasteiger partial charge in [0.15, 0.2) is 0 Å². The molecule has 1 N–H and O–H groups in total. The highest BCUT2D eigenvalue weighted by Crippen LogP contribution is 2.46. The van der Waals surface area contributed by atoms with E-state index in [0.717, 1.165) is 13.1 Å². The lowest BCUT2D eigenvalue weighted by molar-refractivity contribution is -0.147. The van der Waals surface area contributed by atoms with Gasteiger partial charge in [-0.15, -0.1) is 12.4 Å². The number of rotatable bonds is 3. The highest BCUT2D eigenvalue weighted by atomic mass is 35.5. The van der Waals surface area contributed by atoms with Crippen LogP contribution >= 0.6 is 12.4 Å². The summed E-state index contributed by atoms with van der Waals surface area (Å²) in [6, 6.07) is 0.183. The first-order valence-corrected chi connectivity index (χ1v) is 5.04. The van der Waals surface area contributed by atoms with Gasteiger partial charge in [0.1, 0.15) is 0 Å². The molecule has 1 aliphatic heterocycles. The van der Waals surface area contributed by atoms with Gasteiger partial charge in [-0.2, -0.15) is 13.2 Å². The Morgan fingerprint density at radius 3 is 2.20 bits per heavy atom. The van der Waals surface area contributed by atoms with E-state index in [1.165, 1.54) is 0 Å². The molecule has 1 heterocycles. The van der Waals surface area contributed by atoms with E-state index in [-0.39, 0.29) is 18.4 Å². The van der Waals surface area contributed by atoms with Gasteiger partial charge in [0.2, 0.25) is 0 Å². The van der Waals surface area contributed by atoms with Crippen molar-refractivity contribution in [2.24, 2.45) is 11.8 Å². The maximum Gasteiger partial charge on any atom is 0.401 e. The van der Waals surface area contributed by atoms with Crippen LogP contribution in [0.4, 0.5) is 13.2 Å². The quantitative estimate of drug-likeness (QED) is 0.810. The number of halogens is 4. The molecule has 2 rings (SSSR count). The molecule has 1 aliphatic carbocycles. The van der Waals surface area contributed by atoms with E-state index in [9.17, 15) is 13.2 Å². The lowest BCUT2D eigenvalue weighted by Crippen LogP contribution is -2.39. The predicted octanol–water partition coefficient (Wildman–Crippen LogP) is 1.51. The molecule has 1 saturated heterocycles. The average molecular weight is 245 g/mol. The van der Waals surface area contributed by atoms with Crippen LogP contribution < -0.4 is 5.32 Å². The minimum absolute atomic E-state index is 0. The van der Waals surface area contributed by atoms with E-state index < -0.39 is 12.7 Å². The largest absolute Gasteiger partial charge is 0.401 e. The maximum atomic E-state index is 12.2. The van der Waals surface area contributed by atoms with E-state index in [1.54, 1.807) is 11.8 Å². The summed E-state index contributed by atoms with van der Waals surface area (Å²) in [5.74, 6) is 0.939. The van der Waals surface area contributed by atoms with Crippen LogP contribution in [0.15, 0.2) is 0 Å². The van der Waals surface area contributed by atoms with Crippen molar-refractivity contribution >= 4 is 12.4 Å². The molecule has 6 heteroatoms. The van der Waals surface area contributed by atoms with E-state index in [0.29, 0.717) is 18.4 Å². The number of piperidine rings is 1. The molecule has 0 radical (unpaired) electrons. The highest BCUT2D eigenvalue weighted by Gasteiger charge is 2.56. The first kappa shape index (κ1) is 13.1. The zero-order chi connectivity index (χ0) is 10.3. The molecule has 2 fully saturated rings. The van der Waals surface area contributed by atoms with E-state index in [1.807, 2.05) is 0 Å². The summed E-state index contributed by atoms with van der Waals surface area (Å²) in [6.07, 6.45) is -4.06. The van der Waals surface area contributed by atoms with Crippen LogP contribution in [-0.4, -0.2) is 43.3 Å². The topological polar surface area (TPSA) is 15.3 Å². The van der Waals surface area contributed by atoms with Crippen molar-refractivity contribution in [2.75, 3.05) is 26.2 Å². The molecule has 0 bridgehead atoms. The third-order valence-corrected chi connectivity index (χ3v) is 3.26. The molecule has 3 atom stereocenters. The van der Waals surface area contributed by atoms with Crippen molar-refractivity contribution < 1.29 is 13.2 Å². The first-order valence-electron chi connectivity index (χ1n) is 5.04. The minimum Gasteiger partial charge on any atom is -0.316 e. The Balaban J connectivity index is 0.00000112. The number of fused-ring (bicyclic) bond motifs is 1. The van der Waals surface area contributed by atoms with Crippen LogP contribution in [0.1, 0.15) is 6.92 Å². The van der Waals surface area contributed by atoms with Gasteiger partial charge in [-0.1, -0.05) is 6.92 Å². The molecule has 0 unspecified atom stereocenters. The Morgan fingerprint density at radius 1 is 1.27 bits per heavy atom. The van der Waals surface area contributed by atoms with Crippen molar-refractivity contribution in [2.45, 2.75) is 19.1 Å². The van der Waals surface area contributed by atoms with Crippen molar-refractivity contribution in [1.82, 2.24) is 10.2 Å². The summed E-state index contributed by atoms with van der Waals surface area (Å²) in [5.41, 5.74) is 0. The van der Waals surface area contributed by atoms with Crippen LogP contribution in [0, 0.1) is 11.8 Å². The second-order valence-corrected chi connectivity index (χ2v) is 4.15. The Kier molecular flexibility index (Phi) is 3.90. The average Bonchev–Trinajstić information content (AvgIpc) is 2.56. The number of nitrogens with one attached hydrogen (secondary N) is 1. The lowest BCUT2D eigenvalue weighted by Gasteiger charge is -2.23. The van der Waals surface area contributed by atoms with Gasteiger partial charge in [0.05, 0.1) is 6.54 Å². The molecular formula is C9H16ClF3N2. The molecule has 2 nitrogen and oxygen atoms in total. The molecule has 0 aromatic heterocycles. The van der Waals surface area contributed by atoms with E-state index >= 15 is 0 Å². The molecular weight excluding hydrogens is 229 g/mol. The van der Waals surface area contributed by atoms with Crippen molar-refractivity contribution in [3.8, 4) is 0 Å². The van der Waals surface area contributed by atoms with Gasteiger partial charge >= 0.3 is 6.18 Å². The fraction of sp³-hybridized carbons (Fsp3) is 1.00.